The number of aliphatic hydroxyl groups is 1. The number of rotatable bonds is 9. The van der Waals surface area contributed by atoms with Crippen molar-refractivity contribution in [2.24, 2.45) is 0 Å². The standard InChI is InChI=1S/C24H29N5O4S/c1-15-25-13-19(33-15)20-8-9-21(34-20)22(30)27-23-26-17-12-16(32-11-10-28(4)5)6-7-18(17)29(23)14-24(2,3)31/h6-9,12-13,31H,10-11,14H2,1-5H3,(H,26,27,30). The van der Waals surface area contributed by atoms with Crippen molar-refractivity contribution in [1.82, 2.24) is 19.4 Å². The lowest BCUT2D eigenvalue weighted by atomic mass is 10.1. The number of nitrogens with zero attached hydrogens (tertiary/aromatic N) is 4. The van der Waals surface area contributed by atoms with Crippen LogP contribution in [-0.4, -0.2) is 63.3 Å². The van der Waals surface area contributed by atoms with Gasteiger partial charge in [-0.2, -0.15) is 0 Å². The van der Waals surface area contributed by atoms with E-state index in [0.717, 1.165) is 16.9 Å². The fourth-order valence-electron chi connectivity index (χ4n) is 3.42. The van der Waals surface area contributed by atoms with Gasteiger partial charge in [0.2, 0.25) is 5.95 Å². The zero-order valence-corrected chi connectivity index (χ0v) is 20.8. The molecule has 0 aliphatic rings. The Morgan fingerprint density at radius 3 is 2.76 bits per heavy atom. The minimum atomic E-state index is -1.01. The van der Waals surface area contributed by atoms with Gasteiger partial charge in [-0.25, -0.2) is 9.97 Å². The van der Waals surface area contributed by atoms with E-state index in [-0.39, 0.29) is 12.5 Å². The lowest BCUT2D eigenvalue weighted by Gasteiger charge is -2.20. The van der Waals surface area contributed by atoms with Gasteiger partial charge in [-0.3, -0.25) is 10.1 Å². The number of thiophene rings is 1. The number of benzene rings is 1. The van der Waals surface area contributed by atoms with E-state index in [2.05, 4.69) is 15.3 Å². The maximum absolute atomic E-state index is 13.0. The Hall–Kier alpha value is -3.21. The zero-order chi connectivity index (χ0) is 24.5. The van der Waals surface area contributed by atoms with Crippen LogP contribution in [0.3, 0.4) is 0 Å². The summed E-state index contributed by atoms with van der Waals surface area (Å²) in [6.45, 7) is 6.81. The van der Waals surface area contributed by atoms with E-state index < -0.39 is 5.60 Å². The van der Waals surface area contributed by atoms with Crippen LogP contribution in [0.25, 0.3) is 21.7 Å². The van der Waals surface area contributed by atoms with Crippen LogP contribution < -0.4 is 10.1 Å². The topological polar surface area (TPSA) is 106 Å². The van der Waals surface area contributed by atoms with Gasteiger partial charge in [-0.1, -0.05) is 0 Å². The van der Waals surface area contributed by atoms with Gasteiger partial charge < -0.3 is 23.7 Å². The number of hydrogen-bond donors (Lipinski definition) is 2. The van der Waals surface area contributed by atoms with E-state index in [1.54, 1.807) is 33.0 Å². The van der Waals surface area contributed by atoms with Gasteiger partial charge in [0.05, 0.1) is 39.1 Å². The molecule has 0 radical (unpaired) electrons. The number of carbonyl (C=O) groups excluding carboxylic acids is 1. The highest BCUT2D eigenvalue weighted by Crippen LogP contribution is 2.30. The monoisotopic (exact) mass is 483 g/mol. The van der Waals surface area contributed by atoms with Crippen LogP contribution in [0.4, 0.5) is 5.95 Å². The number of likely N-dealkylation sites (N-methyl/N-ethyl adjacent to an activating group) is 1. The van der Waals surface area contributed by atoms with Gasteiger partial charge >= 0.3 is 0 Å². The number of nitrogens with one attached hydrogen (secondary N) is 1. The van der Waals surface area contributed by atoms with E-state index in [1.165, 1.54) is 11.3 Å². The van der Waals surface area contributed by atoms with Crippen LogP contribution in [0, 0.1) is 6.92 Å². The summed E-state index contributed by atoms with van der Waals surface area (Å²) in [6.07, 6.45) is 1.64. The number of oxazole rings is 1. The summed E-state index contributed by atoms with van der Waals surface area (Å²) in [4.78, 5) is 25.2. The van der Waals surface area contributed by atoms with Crippen LogP contribution in [0.15, 0.2) is 40.9 Å². The highest BCUT2D eigenvalue weighted by molar-refractivity contribution is 7.17. The molecule has 4 rings (SSSR count). The molecule has 0 unspecified atom stereocenters. The molecule has 3 heterocycles. The largest absolute Gasteiger partial charge is 0.492 e. The molecule has 2 N–H and O–H groups in total. The molecule has 0 atom stereocenters. The second kappa shape index (κ2) is 9.57. The van der Waals surface area contributed by atoms with Crippen molar-refractivity contribution in [3.63, 3.8) is 0 Å². The summed E-state index contributed by atoms with van der Waals surface area (Å²) in [5.74, 6) is 1.96. The Morgan fingerprint density at radius 1 is 1.29 bits per heavy atom. The van der Waals surface area contributed by atoms with E-state index >= 15 is 0 Å². The molecular weight excluding hydrogens is 454 g/mol. The smallest absolute Gasteiger partial charge is 0.268 e. The highest BCUT2D eigenvalue weighted by atomic mass is 32.1. The molecule has 0 saturated heterocycles. The summed E-state index contributed by atoms with van der Waals surface area (Å²) in [5, 5.41) is 13.4. The molecule has 1 amide bonds. The molecule has 4 aromatic rings. The Morgan fingerprint density at radius 2 is 2.09 bits per heavy atom. The highest BCUT2D eigenvalue weighted by Gasteiger charge is 2.22. The van der Waals surface area contributed by atoms with E-state index in [0.29, 0.717) is 40.3 Å². The fraction of sp³-hybridized carbons (Fsp3) is 0.375. The van der Waals surface area contributed by atoms with Crippen molar-refractivity contribution < 1.29 is 19.1 Å². The number of aryl methyl sites for hydroxylation is 1. The first-order valence-corrected chi connectivity index (χ1v) is 11.7. The summed E-state index contributed by atoms with van der Waals surface area (Å²) in [6, 6.07) is 9.18. The molecule has 0 fully saturated rings. The van der Waals surface area contributed by atoms with Crippen molar-refractivity contribution in [3.05, 3.63) is 47.3 Å². The minimum absolute atomic E-state index is 0.257. The molecule has 0 saturated carbocycles. The second-order valence-corrected chi connectivity index (χ2v) is 10.1. The van der Waals surface area contributed by atoms with Gasteiger partial charge in [-0.05, 0) is 52.2 Å². The zero-order valence-electron chi connectivity index (χ0n) is 20.0. The van der Waals surface area contributed by atoms with E-state index in [9.17, 15) is 9.90 Å². The average molecular weight is 484 g/mol. The molecule has 0 spiro atoms. The number of hydrogen-bond acceptors (Lipinski definition) is 8. The Labute approximate surface area is 202 Å². The molecule has 0 bridgehead atoms. The maximum atomic E-state index is 13.0. The van der Waals surface area contributed by atoms with Crippen LogP contribution in [0.2, 0.25) is 0 Å². The third-order valence-electron chi connectivity index (χ3n) is 4.99. The molecule has 1 aromatic carbocycles. The normalized spacial score (nSPS) is 12.0. The van der Waals surface area contributed by atoms with Gasteiger partial charge in [-0.15, -0.1) is 11.3 Å². The van der Waals surface area contributed by atoms with Gasteiger partial charge in [0, 0.05) is 19.5 Å². The predicted molar refractivity (Wildman–Crippen MR) is 133 cm³/mol. The number of carbonyl (C=O) groups is 1. The first kappa shape index (κ1) is 23.9. The Balaban J connectivity index is 1.60. The van der Waals surface area contributed by atoms with Gasteiger partial charge in [0.25, 0.3) is 5.91 Å². The Bertz CT molecular complexity index is 1300. The number of aromatic nitrogens is 3. The van der Waals surface area contributed by atoms with Crippen molar-refractivity contribution in [2.75, 3.05) is 32.6 Å². The summed E-state index contributed by atoms with van der Waals surface area (Å²) >= 11 is 1.31. The molecule has 9 nitrogen and oxygen atoms in total. The summed E-state index contributed by atoms with van der Waals surface area (Å²) in [7, 11) is 3.98. The molecule has 10 heteroatoms. The van der Waals surface area contributed by atoms with Crippen LogP contribution in [0.5, 0.6) is 5.75 Å². The van der Waals surface area contributed by atoms with Crippen molar-refractivity contribution >= 4 is 34.2 Å². The summed E-state index contributed by atoms with van der Waals surface area (Å²) in [5.41, 5.74) is 0.459. The van der Waals surface area contributed by atoms with Gasteiger partial charge in [0.1, 0.15) is 12.4 Å². The van der Waals surface area contributed by atoms with Crippen molar-refractivity contribution in [3.8, 4) is 16.4 Å². The lowest BCUT2D eigenvalue weighted by molar-refractivity contribution is 0.0630. The van der Waals surface area contributed by atoms with Crippen molar-refractivity contribution in [2.45, 2.75) is 32.9 Å². The molecule has 180 valence electrons. The number of amides is 1. The fourth-order valence-corrected chi connectivity index (χ4v) is 4.27. The quantitative estimate of drug-likeness (QED) is 0.370. The average Bonchev–Trinajstić information content (AvgIpc) is 3.46. The first-order valence-electron chi connectivity index (χ1n) is 10.9. The van der Waals surface area contributed by atoms with Crippen molar-refractivity contribution in [1.29, 1.82) is 0 Å². The predicted octanol–water partition coefficient (Wildman–Crippen LogP) is 4.02. The third kappa shape index (κ3) is 5.64. The molecule has 0 aliphatic heterocycles. The molecule has 0 aliphatic carbocycles. The molecule has 34 heavy (non-hydrogen) atoms. The lowest BCUT2D eigenvalue weighted by Crippen LogP contribution is -2.27. The Kier molecular flexibility index (Phi) is 6.74. The number of anilines is 1. The van der Waals surface area contributed by atoms with E-state index in [1.807, 2.05) is 47.8 Å². The molecule has 3 aromatic heterocycles. The minimum Gasteiger partial charge on any atom is -0.492 e. The molecular formula is C24H29N5O4S. The number of imidazole rings is 1. The maximum Gasteiger partial charge on any atom is 0.268 e. The van der Waals surface area contributed by atoms with Crippen LogP contribution in [-0.2, 0) is 6.54 Å². The van der Waals surface area contributed by atoms with E-state index in [4.69, 9.17) is 9.15 Å². The first-order chi connectivity index (χ1) is 16.1. The second-order valence-electron chi connectivity index (χ2n) is 9.00. The third-order valence-corrected chi connectivity index (χ3v) is 6.09. The number of fused-ring (bicyclic) bond motifs is 1. The van der Waals surface area contributed by atoms with Crippen LogP contribution >= 0.6 is 11.3 Å². The summed E-state index contributed by atoms with van der Waals surface area (Å²) < 4.78 is 13.2. The van der Waals surface area contributed by atoms with Gasteiger partial charge in [0.15, 0.2) is 11.7 Å². The number of ether oxygens (including phenoxy) is 1. The van der Waals surface area contributed by atoms with Crippen LogP contribution in [0.1, 0.15) is 29.4 Å². The SMILES string of the molecule is Cc1ncc(-c2ccc(C(=O)Nc3nc4cc(OCCN(C)C)ccc4n3CC(C)(C)O)s2)o1.